The van der Waals surface area contributed by atoms with Crippen molar-refractivity contribution in [2.45, 2.75) is 58.9 Å². The first kappa shape index (κ1) is 13.7. The normalized spacial score (nSPS) is 15.0. The SMILES string of the molecule is CCCCC(CC)C(N)c1ccc(CC)s1. The molecule has 1 heterocycles. The molecule has 0 aromatic carbocycles. The summed E-state index contributed by atoms with van der Waals surface area (Å²) in [5, 5.41) is 0. The van der Waals surface area contributed by atoms with Crippen molar-refractivity contribution < 1.29 is 0 Å². The van der Waals surface area contributed by atoms with Crippen molar-refractivity contribution in [3.63, 3.8) is 0 Å². The molecule has 0 aliphatic heterocycles. The van der Waals surface area contributed by atoms with E-state index >= 15 is 0 Å². The Morgan fingerprint density at radius 2 is 2.00 bits per heavy atom. The molecule has 0 saturated carbocycles. The summed E-state index contributed by atoms with van der Waals surface area (Å²) >= 11 is 1.89. The number of unbranched alkanes of at least 4 members (excludes halogenated alkanes) is 1. The first-order valence-corrected chi connectivity index (χ1v) is 7.38. The van der Waals surface area contributed by atoms with E-state index in [1.54, 1.807) is 0 Å². The van der Waals surface area contributed by atoms with Crippen molar-refractivity contribution in [3.05, 3.63) is 21.9 Å². The zero-order valence-corrected chi connectivity index (χ0v) is 11.6. The van der Waals surface area contributed by atoms with Crippen LogP contribution in [-0.2, 0) is 6.42 Å². The van der Waals surface area contributed by atoms with Gasteiger partial charge in [-0.25, -0.2) is 0 Å². The molecular formula is C14H25NS. The van der Waals surface area contributed by atoms with Gasteiger partial charge in [0.1, 0.15) is 0 Å². The molecule has 2 N–H and O–H groups in total. The molecule has 92 valence electrons. The third-order valence-corrected chi connectivity index (χ3v) is 4.65. The first-order chi connectivity index (χ1) is 7.72. The van der Waals surface area contributed by atoms with Gasteiger partial charge in [0.15, 0.2) is 0 Å². The molecule has 0 fully saturated rings. The number of rotatable bonds is 7. The van der Waals surface area contributed by atoms with Gasteiger partial charge in [-0.3, -0.25) is 0 Å². The van der Waals surface area contributed by atoms with Crippen LogP contribution in [0.3, 0.4) is 0 Å². The smallest absolute Gasteiger partial charge is 0.0418 e. The van der Waals surface area contributed by atoms with Gasteiger partial charge in [0, 0.05) is 15.8 Å². The number of nitrogens with two attached hydrogens (primary N) is 1. The Kier molecular flexibility index (Phi) is 6.07. The quantitative estimate of drug-likeness (QED) is 0.743. The molecule has 2 heteroatoms. The van der Waals surface area contributed by atoms with Gasteiger partial charge in [0.25, 0.3) is 0 Å². The zero-order valence-electron chi connectivity index (χ0n) is 10.8. The van der Waals surface area contributed by atoms with Crippen molar-refractivity contribution in [2.75, 3.05) is 0 Å². The Morgan fingerprint density at radius 3 is 2.50 bits per heavy atom. The lowest BCUT2D eigenvalue weighted by Crippen LogP contribution is -2.19. The Morgan fingerprint density at radius 1 is 1.25 bits per heavy atom. The summed E-state index contributed by atoms with van der Waals surface area (Å²) in [6.45, 7) is 6.71. The van der Waals surface area contributed by atoms with E-state index in [1.807, 2.05) is 11.3 Å². The van der Waals surface area contributed by atoms with Crippen molar-refractivity contribution >= 4 is 11.3 Å². The van der Waals surface area contributed by atoms with Gasteiger partial charge in [-0.1, -0.05) is 40.0 Å². The summed E-state index contributed by atoms with van der Waals surface area (Å²) in [5.74, 6) is 0.656. The van der Waals surface area contributed by atoms with E-state index < -0.39 is 0 Å². The van der Waals surface area contributed by atoms with Crippen LogP contribution in [0, 0.1) is 5.92 Å². The summed E-state index contributed by atoms with van der Waals surface area (Å²) in [5.41, 5.74) is 6.37. The number of hydrogen-bond donors (Lipinski definition) is 1. The average molecular weight is 239 g/mol. The molecule has 0 aliphatic rings. The minimum absolute atomic E-state index is 0.252. The minimum Gasteiger partial charge on any atom is -0.323 e. The molecule has 0 spiro atoms. The van der Waals surface area contributed by atoms with Crippen molar-refractivity contribution in [3.8, 4) is 0 Å². The average Bonchev–Trinajstić information content (AvgIpc) is 2.78. The van der Waals surface area contributed by atoms with Crippen molar-refractivity contribution in [1.29, 1.82) is 0 Å². The highest BCUT2D eigenvalue weighted by Gasteiger charge is 2.18. The molecule has 1 aromatic rings. The van der Waals surface area contributed by atoms with E-state index in [9.17, 15) is 0 Å². The number of aryl methyl sites for hydroxylation is 1. The van der Waals surface area contributed by atoms with Gasteiger partial charge in [-0.15, -0.1) is 11.3 Å². The highest BCUT2D eigenvalue weighted by atomic mass is 32.1. The monoisotopic (exact) mass is 239 g/mol. The van der Waals surface area contributed by atoms with E-state index in [-0.39, 0.29) is 6.04 Å². The van der Waals surface area contributed by atoms with E-state index in [0.29, 0.717) is 5.92 Å². The summed E-state index contributed by atoms with van der Waals surface area (Å²) < 4.78 is 0. The highest BCUT2D eigenvalue weighted by Crippen LogP contribution is 2.31. The fourth-order valence-electron chi connectivity index (χ4n) is 2.10. The van der Waals surface area contributed by atoms with Gasteiger partial charge in [0.2, 0.25) is 0 Å². The van der Waals surface area contributed by atoms with Crippen LogP contribution in [0.1, 0.15) is 62.3 Å². The third-order valence-electron chi connectivity index (χ3n) is 3.32. The van der Waals surface area contributed by atoms with Crippen LogP contribution < -0.4 is 5.73 Å². The lowest BCUT2D eigenvalue weighted by molar-refractivity contribution is 0.382. The summed E-state index contributed by atoms with van der Waals surface area (Å²) in [6, 6.07) is 4.71. The van der Waals surface area contributed by atoms with Crippen molar-refractivity contribution in [1.82, 2.24) is 0 Å². The van der Waals surface area contributed by atoms with Crippen LogP contribution in [0.2, 0.25) is 0 Å². The molecule has 16 heavy (non-hydrogen) atoms. The summed E-state index contributed by atoms with van der Waals surface area (Å²) in [7, 11) is 0. The molecule has 0 radical (unpaired) electrons. The third kappa shape index (κ3) is 3.60. The Labute approximate surface area is 104 Å². The van der Waals surface area contributed by atoms with Crippen LogP contribution in [0.15, 0.2) is 12.1 Å². The molecular weight excluding hydrogens is 214 g/mol. The van der Waals surface area contributed by atoms with Crippen LogP contribution in [0.5, 0.6) is 0 Å². The number of thiophene rings is 1. The molecule has 1 aromatic heterocycles. The molecule has 2 unspecified atom stereocenters. The fraction of sp³-hybridized carbons (Fsp3) is 0.714. The lowest BCUT2D eigenvalue weighted by atomic mass is 9.91. The van der Waals surface area contributed by atoms with Gasteiger partial charge >= 0.3 is 0 Å². The van der Waals surface area contributed by atoms with Gasteiger partial charge < -0.3 is 5.73 Å². The molecule has 0 bridgehead atoms. The zero-order chi connectivity index (χ0) is 12.0. The van der Waals surface area contributed by atoms with Crippen LogP contribution in [0.25, 0.3) is 0 Å². The standard InChI is InChI=1S/C14H25NS/c1-4-7-8-11(5-2)14(15)13-10-9-12(6-3)16-13/h9-11,14H,4-8,15H2,1-3H3. The molecule has 0 saturated heterocycles. The predicted octanol–water partition coefficient (Wildman–Crippen LogP) is 4.53. The molecule has 0 aliphatic carbocycles. The molecule has 2 atom stereocenters. The summed E-state index contributed by atoms with van der Waals surface area (Å²) in [4.78, 5) is 2.83. The maximum absolute atomic E-state index is 6.37. The first-order valence-electron chi connectivity index (χ1n) is 6.57. The largest absolute Gasteiger partial charge is 0.323 e. The lowest BCUT2D eigenvalue weighted by Gasteiger charge is -2.21. The Balaban J connectivity index is 2.62. The summed E-state index contributed by atoms with van der Waals surface area (Å²) in [6.07, 6.45) is 6.17. The second-order valence-corrected chi connectivity index (χ2v) is 5.69. The fourth-order valence-corrected chi connectivity index (χ4v) is 3.15. The highest BCUT2D eigenvalue weighted by molar-refractivity contribution is 7.12. The van der Waals surface area contributed by atoms with E-state index in [4.69, 9.17) is 5.73 Å². The Hall–Kier alpha value is -0.340. The maximum atomic E-state index is 6.37. The van der Waals surface area contributed by atoms with Crippen LogP contribution in [0.4, 0.5) is 0 Å². The van der Waals surface area contributed by atoms with Crippen LogP contribution in [-0.4, -0.2) is 0 Å². The predicted molar refractivity (Wildman–Crippen MR) is 73.9 cm³/mol. The second-order valence-electron chi connectivity index (χ2n) is 4.49. The van der Waals surface area contributed by atoms with Gasteiger partial charge in [-0.2, -0.15) is 0 Å². The molecule has 1 nitrogen and oxygen atoms in total. The van der Waals surface area contributed by atoms with E-state index in [2.05, 4.69) is 32.9 Å². The molecule has 0 amide bonds. The second kappa shape index (κ2) is 7.08. The van der Waals surface area contributed by atoms with E-state index in [0.717, 1.165) is 6.42 Å². The topological polar surface area (TPSA) is 26.0 Å². The van der Waals surface area contributed by atoms with Gasteiger partial charge in [-0.05, 0) is 30.9 Å². The minimum atomic E-state index is 0.252. The van der Waals surface area contributed by atoms with Gasteiger partial charge in [0.05, 0.1) is 0 Å². The molecule has 1 rings (SSSR count). The number of hydrogen-bond acceptors (Lipinski definition) is 2. The van der Waals surface area contributed by atoms with E-state index in [1.165, 1.54) is 35.4 Å². The Bertz CT molecular complexity index is 293. The van der Waals surface area contributed by atoms with Crippen LogP contribution >= 0.6 is 11.3 Å². The maximum Gasteiger partial charge on any atom is 0.0418 e. The van der Waals surface area contributed by atoms with Crippen molar-refractivity contribution in [2.24, 2.45) is 11.7 Å².